The summed E-state index contributed by atoms with van der Waals surface area (Å²) in [5.41, 5.74) is 1.79. The van der Waals surface area contributed by atoms with Crippen molar-refractivity contribution < 1.29 is 14.6 Å². The fourth-order valence-corrected chi connectivity index (χ4v) is 1.13. The molecular formula is C12H12O3. The number of hydrogen-bond acceptors (Lipinski definition) is 2. The maximum atomic E-state index is 10.3. The second-order valence-corrected chi connectivity index (χ2v) is 3.08. The highest BCUT2D eigenvalue weighted by atomic mass is 16.5. The Labute approximate surface area is 88.7 Å². The van der Waals surface area contributed by atoms with E-state index in [0.717, 1.165) is 11.1 Å². The standard InChI is InChI=1S/C12H12O3/c1-9-6-7-11(15-2)10(8-9)4-3-5-12(13)14/h6-8H,5H2,1-2H3,(H,13,14). The van der Waals surface area contributed by atoms with Crippen LogP contribution in [0.5, 0.6) is 5.75 Å². The van der Waals surface area contributed by atoms with Gasteiger partial charge in [0.05, 0.1) is 12.7 Å². The molecular weight excluding hydrogens is 192 g/mol. The minimum atomic E-state index is -0.922. The van der Waals surface area contributed by atoms with Crippen molar-refractivity contribution in [2.24, 2.45) is 0 Å². The molecule has 0 spiro atoms. The fourth-order valence-electron chi connectivity index (χ4n) is 1.13. The van der Waals surface area contributed by atoms with Gasteiger partial charge in [-0.1, -0.05) is 17.9 Å². The van der Waals surface area contributed by atoms with Gasteiger partial charge in [0.15, 0.2) is 0 Å². The van der Waals surface area contributed by atoms with Crippen molar-refractivity contribution in [3.63, 3.8) is 0 Å². The number of carboxylic acids is 1. The van der Waals surface area contributed by atoms with Gasteiger partial charge < -0.3 is 9.84 Å². The third-order valence-electron chi connectivity index (χ3n) is 1.82. The summed E-state index contributed by atoms with van der Waals surface area (Å²) in [6, 6.07) is 5.61. The molecule has 0 atom stereocenters. The Kier molecular flexibility index (Phi) is 3.75. The van der Waals surface area contributed by atoms with Crippen LogP contribution in [-0.2, 0) is 4.79 Å². The first-order valence-electron chi connectivity index (χ1n) is 4.49. The molecule has 0 heterocycles. The van der Waals surface area contributed by atoms with E-state index in [1.54, 1.807) is 7.11 Å². The Hall–Kier alpha value is -1.95. The van der Waals surface area contributed by atoms with Crippen LogP contribution in [0.3, 0.4) is 0 Å². The highest BCUT2D eigenvalue weighted by Gasteiger charge is 1.99. The van der Waals surface area contributed by atoms with E-state index in [1.807, 2.05) is 25.1 Å². The summed E-state index contributed by atoms with van der Waals surface area (Å²) in [4.78, 5) is 10.3. The minimum Gasteiger partial charge on any atom is -0.495 e. The number of methoxy groups -OCH3 is 1. The fraction of sp³-hybridized carbons (Fsp3) is 0.250. The first-order chi connectivity index (χ1) is 7.13. The van der Waals surface area contributed by atoms with Crippen LogP contribution in [-0.4, -0.2) is 18.2 Å². The molecule has 1 rings (SSSR count). The molecule has 0 aromatic heterocycles. The number of hydrogen-bond donors (Lipinski definition) is 1. The van der Waals surface area contributed by atoms with Crippen molar-refractivity contribution >= 4 is 5.97 Å². The van der Waals surface area contributed by atoms with E-state index < -0.39 is 5.97 Å². The van der Waals surface area contributed by atoms with E-state index in [4.69, 9.17) is 9.84 Å². The normalized spacial score (nSPS) is 8.93. The Morgan fingerprint density at radius 1 is 1.53 bits per heavy atom. The molecule has 0 aliphatic heterocycles. The van der Waals surface area contributed by atoms with E-state index in [9.17, 15) is 4.79 Å². The predicted molar refractivity (Wildman–Crippen MR) is 56.9 cm³/mol. The Morgan fingerprint density at radius 3 is 2.87 bits per heavy atom. The quantitative estimate of drug-likeness (QED) is 0.747. The number of carbonyl (C=O) groups is 1. The summed E-state index contributed by atoms with van der Waals surface area (Å²) in [6.45, 7) is 1.95. The number of aliphatic carboxylic acids is 1. The van der Waals surface area contributed by atoms with Gasteiger partial charge in [0.1, 0.15) is 12.2 Å². The summed E-state index contributed by atoms with van der Waals surface area (Å²) >= 11 is 0. The monoisotopic (exact) mass is 204 g/mol. The van der Waals surface area contributed by atoms with Crippen LogP contribution in [0.4, 0.5) is 0 Å². The third kappa shape index (κ3) is 3.35. The minimum absolute atomic E-state index is 0.156. The molecule has 1 aromatic rings. The molecule has 15 heavy (non-hydrogen) atoms. The van der Waals surface area contributed by atoms with Crippen molar-refractivity contribution in [3.8, 4) is 17.6 Å². The highest BCUT2D eigenvalue weighted by Crippen LogP contribution is 2.18. The lowest BCUT2D eigenvalue weighted by molar-refractivity contribution is -0.135. The van der Waals surface area contributed by atoms with Gasteiger partial charge in [-0.2, -0.15) is 0 Å². The molecule has 1 aromatic carbocycles. The summed E-state index contributed by atoms with van der Waals surface area (Å²) in [5, 5.41) is 8.44. The van der Waals surface area contributed by atoms with Crippen molar-refractivity contribution in [1.82, 2.24) is 0 Å². The van der Waals surface area contributed by atoms with Gasteiger partial charge in [-0.3, -0.25) is 4.79 Å². The molecule has 0 saturated carbocycles. The third-order valence-corrected chi connectivity index (χ3v) is 1.82. The maximum absolute atomic E-state index is 10.3. The molecule has 0 aliphatic rings. The van der Waals surface area contributed by atoms with Gasteiger partial charge in [0.25, 0.3) is 0 Å². The first-order valence-corrected chi connectivity index (χ1v) is 4.49. The van der Waals surface area contributed by atoms with E-state index >= 15 is 0 Å². The Morgan fingerprint density at radius 2 is 2.27 bits per heavy atom. The zero-order valence-corrected chi connectivity index (χ0v) is 8.70. The van der Waals surface area contributed by atoms with Gasteiger partial charge in [-0.25, -0.2) is 0 Å². The lowest BCUT2D eigenvalue weighted by Crippen LogP contribution is -1.91. The summed E-state index contributed by atoms with van der Waals surface area (Å²) in [6.07, 6.45) is -0.156. The van der Waals surface area contributed by atoms with Crippen LogP contribution in [0.2, 0.25) is 0 Å². The predicted octanol–water partition coefficient (Wildman–Crippen LogP) is 1.83. The smallest absolute Gasteiger partial charge is 0.315 e. The highest BCUT2D eigenvalue weighted by molar-refractivity contribution is 5.70. The Bertz CT molecular complexity index is 424. The van der Waals surface area contributed by atoms with Crippen LogP contribution in [0.15, 0.2) is 18.2 Å². The average Bonchev–Trinajstić information content (AvgIpc) is 2.17. The second-order valence-electron chi connectivity index (χ2n) is 3.08. The van der Waals surface area contributed by atoms with Gasteiger partial charge in [0, 0.05) is 0 Å². The zero-order chi connectivity index (χ0) is 11.3. The van der Waals surface area contributed by atoms with Gasteiger partial charge in [-0.05, 0) is 24.6 Å². The molecule has 0 aliphatic carbocycles. The summed E-state index contributed by atoms with van der Waals surface area (Å²) in [5.74, 6) is 5.10. The van der Waals surface area contributed by atoms with E-state index in [2.05, 4.69) is 11.8 Å². The van der Waals surface area contributed by atoms with Gasteiger partial charge >= 0.3 is 5.97 Å². The summed E-state index contributed by atoms with van der Waals surface area (Å²) < 4.78 is 5.11. The maximum Gasteiger partial charge on any atom is 0.315 e. The van der Waals surface area contributed by atoms with Crippen molar-refractivity contribution in [1.29, 1.82) is 0 Å². The zero-order valence-electron chi connectivity index (χ0n) is 8.70. The van der Waals surface area contributed by atoms with Gasteiger partial charge in [0.2, 0.25) is 0 Å². The second kappa shape index (κ2) is 5.06. The molecule has 3 nitrogen and oxygen atoms in total. The number of rotatable bonds is 2. The number of benzene rings is 1. The molecule has 0 radical (unpaired) electrons. The number of carboxylic acid groups (broad SMARTS) is 1. The van der Waals surface area contributed by atoms with E-state index in [0.29, 0.717) is 5.75 Å². The molecule has 0 unspecified atom stereocenters. The SMILES string of the molecule is COc1ccc(C)cc1C#CCC(=O)O. The lowest BCUT2D eigenvalue weighted by atomic mass is 10.1. The number of aryl methyl sites for hydroxylation is 1. The topological polar surface area (TPSA) is 46.5 Å². The molecule has 1 N–H and O–H groups in total. The molecule has 78 valence electrons. The number of ether oxygens (including phenoxy) is 1. The van der Waals surface area contributed by atoms with Crippen LogP contribution >= 0.6 is 0 Å². The van der Waals surface area contributed by atoms with Crippen LogP contribution in [0, 0.1) is 18.8 Å². The first kappa shape index (κ1) is 11.1. The van der Waals surface area contributed by atoms with Gasteiger partial charge in [-0.15, -0.1) is 0 Å². The van der Waals surface area contributed by atoms with E-state index in [-0.39, 0.29) is 6.42 Å². The van der Waals surface area contributed by atoms with E-state index in [1.165, 1.54) is 0 Å². The summed E-state index contributed by atoms with van der Waals surface area (Å²) in [7, 11) is 1.56. The van der Waals surface area contributed by atoms with Crippen molar-refractivity contribution in [2.75, 3.05) is 7.11 Å². The molecule has 0 bridgehead atoms. The molecule has 0 saturated heterocycles. The van der Waals surface area contributed by atoms with Crippen molar-refractivity contribution in [3.05, 3.63) is 29.3 Å². The Balaban J connectivity index is 2.94. The van der Waals surface area contributed by atoms with Crippen LogP contribution in [0.1, 0.15) is 17.5 Å². The van der Waals surface area contributed by atoms with Crippen LogP contribution in [0.25, 0.3) is 0 Å². The van der Waals surface area contributed by atoms with Crippen LogP contribution < -0.4 is 4.74 Å². The molecule has 0 fully saturated rings. The lowest BCUT2D eigenvalue weighted by Gasteiger charge is -2.03. The average molecular weight is 204 g/mol. The molecule has 3 heteroatoms. The largest absolute Gasteiger partial charge is 0.495 e. The molecule has 0 amide bonds. The van der Waals surface area contributed by atoms with Crippen molar-refractivity contribution in [2.45, 2.75) is 13.3 Å².